The minimum Gasteiger partial charge on any atom is -0.486 e. The van der Waals surface area contributed by atoms with E-state index in [-0.39, 0.29) is 11.2 Å². The Labute approximate surface area is 111 Å². The number of ether oxygens (including phenoxy) is 1. The summed E-state index contributed by atoms with van der Waals surface area (Å²) in [5.41, 5.74) is 0.969. The minimum atomic E-state index is -0.971. The number of hydrogen-bond donors (Lipinski definition) is 1. The van der Waals surface area contributed by atoms with Gasteiger partial charge in [-0.05, 0) is 37.8 Å². The number of rotatable bonds is 1. The zero-order valence-electron chi connectivity index (χ0n) is 10.0. The van der Waals surface area contributed by atoms with E-state index in [4.69, 9.17) is 16.3 Å². The summed E-state index contributed by atoms with van der Waals surface area (Å²) in [6.45, 7) is 0. The van der Waals surface area contributed by atoms with Crippen LogP contribution in [0.1, 0.15) is 48.0 Å². The third-order valence-electron chi connectivity index (χ3n) is 3.96. The van der Waals surface area contributed by atoms with Crippen molar-refractivity contribution in [3.05, 3.63) is 28.3 Å². The lowest BCUT2D eigenvalue weighted by molar-refractivity contribution is 0.0497. The average molecular weight is 267 g/mol. The Kier molecular flexibility index (Phi) is 2.74. The smallest absolute Gasteiger partial charge is 0.339 e. The van der Waals surface area contributed by atoms with E-state index in [1.54, 1.807) is 0 Å². The molecule has 0 amide bonds. The Hall–Kier alpha value is -1.22. The van der Waals surface area contributed by atoms with Crippen LogP contribution in [0.5, 0.6) is 5.75 Å². The van der Waals surface area contributed by atoms with Crippen molar-refractivity contribution in [1.29, 1.82) is 0 Å². The van der Waals surface area contributed by atoms with Gasteiger partial charge in [0, 0.05) is 17.0 Å². The maximum Gasteiger partial charge on any atom is 0.339 e. The highest BCUT2D eigenvalue weighted by Gasteiger charge is 2.42. The highest BCUT2D eigenvalue weighted by molar-refractivity contribution is 6.31. The number of fused-ring (bicyclic) bond motifs is 1. The Balaban J connectivity index is 2.01. The highest BCUT2D eigenvalue weighted by atomic mass is 35.5. The second-order valence-corrected chi connectivity index (χ2v) is 5.71. The predicted octanol–water partition coefficient (Wildman–Crippen LogP) is 3.68. The van der Waals surface area contributed by atoms with Crippen LogP contribution in [0.4, 0.5) is 0 Å². The number of halogens is 1. The quantitative estimate of drug-likeness (QED) is 0.843. The van der Waals surface area contributed by atoms with Gasteiger partial charge in [0.1, 0.15) is 16.9 Å². The molecule has 0 bridgehead atoms. The third-order valence-corrected chi connectivity index (χ3v) is 4.18. The number of aromatic carboxylic acids is 1. The molecule has 0 atom stereocenters. The van der Waals surface area contributed by atoms with Gasteiger partial charge in [-0.1, -0.05) is 18.0 Å². The van der Waals surface area contributed by atoms with E-state index in [2.05, 4.69) is 0 Å². The van der Waals surface area contributed by atoms with Gasteiger partial charge >= 0.3 is 5.97 Å². The van der Waals surface area contributed by atoms with Gasteiger partial charge in [0.2, 0.25) is 0 Å². The van der Waals surface area contributed by atoms with E-state index < -0.39 is 5.97 Å². The number of carbonyl (C=O) groups is 1. The lowest BCUT2D eigenvalue weighted by Gasteiger charge is -2.32. The first-order valence-electron chi connectivity index (χ1n) is 6.34. The molecular formula is C14H15ClO3. The summed E-state index contributed by atoms with van der Waals surface area (Å²) in [7, 11) is 0. The molecule has 96 valence electrons. The monoisotopic (exact) mass is 266 g/mol. The van der Waals surface area contributed by atoms with Crippen molar-refractivity contribution in [2.75, 3.05) is 0 Å². The lowest BCUT2D eigenvalue weighted by Crippen LogP contribution is -2.36. The molecule has 3 rings (SSSR count). The summed E-state index contributed by atoms with van der Waals surface area (Å²) in [5, 5.41) is 9.70. The van der Waals surface area contributed by atoms with Crippen molar-refractivity contribution in [2.24, 2.45) is 0 Å². The SMILES string of the molecule is O=C(O)c1cc(Cl)cc2c1OC1(CCCCC1)C2. The zero-order valence-corrected chi connectivity index (χ0v) is 10.8. The molecule has 1 aromatic carbocycles. The van der Waals surface area contributed by atoms with Crippen LogP contribution in [0.2, 0.25) is 5.02 Å². The van der Waals surface area contributed by atoms with Crippen LogP contribution in [-0.2, 0) is 6.42 Å². The van der Waals surface area contributed by atoms with Crippen molar-refractivity contribution in [2.45, 2.75) is 44.1 Å². The summed E-state index contributed by atoms with van der Waals surface area (Å²) < 4.78 is 6.04. The fourth-order valence-corrected chi connectivity index (χ4v) is 3.38. The van der Waals surface area contributed by atoms with Gasteiger partial charge in [0.15, 0.2) is 0 Å². The standard InChI is InChI=1S/C14H15ClO3/c15-10-6-9-8-14(4-2-1-3-5-14)18-12(9)11(7-10)13(16)17/h6-7H,1-5,8H2,(H,16,17). The van der Waals surface area contributed by atoms with Crippen LogP contribution >= 0.6 is 11.6 Å². The van der Waals surface area contributed by atoms with Gasteiger partial charge in [-0.2, -0.15) is 0 Å². The molecule has 1 N–H and O–H groups in total. The molecule has 1 spiro atoms. The van der Waals surface area contributed by atoms with Crippen molar-refractivity contribution < 1.29 is 14.6 Å². The van der Waals surface area contributed by atoms with Gasteiger partial charge in [-0.3, -0.25) is 0 Å². The molecule has 0 unspecified atom stereocenters. The van der Waals surface area contributed by atoms with E-state index in [0.717, 1.165) is 37.7 Å². The zero-order chi connectivity index (χ0) is 12.8. The Morgan fingerprint density at radius 1 is 1.28 bits per heavy atom. The minimum absolute atomic E-state index is 0.171. The maximum atomic E-state index is 11.2. The van der Waals surface area contributed by atoms with Gasteiger partial charge in [0.05, 0.1) is 0 Å². The third kappa shape index (κ3) is 1.87. The van der Waals surface area contributed by atoms with E-state index in [0.29, 0.717) is 10.8 Å². The van der Waals surface area contributed by atoms with Crippen LogP contribution < -0.4 is 4.74 Å². The molecule has 2 aliphatic rings. The molecular weight excluding hydrogens is 252 g/mol. The Morgan fingerprint density at radius 3 is 2.67 bits per heavy atom. The van der Waals surface area contributed by atoms with Gasteiger partial charge in [-0.25, -0.2) is 4.79 Å². The van der Waals surface area contributed by atoms with Crippen molar-refractivity contribution in [1.82, 2.24) is 0 Å². The molecule has 1 aromatic rings. The Bertz CT molecular complexity index is 504. The maximum absolute atomic E-state index is 11.2. The number of carboxylic acids is 1. The van der Waals surface area contributed by atoms with Crippen LogP contribution in [0.25, 0.3) is 0 Å². The fraction of sp³-hybridized carbons (Fsp3) is 0.500. The summed E-state index contributed by atoms with van der Waals surface area (Å²) in [6.07, 6.45) is 6.38. The van der Waals surface area contributed by atoms with Crippen molar-refractivity contribution in [3.8, 4) is 5.75 Å². The summed E-state index contributed by atoms with van der Waals surface area (Å²) >= 11 is 5.98. The van der Waals surface area contributed by atoms with Crippen LogP contribution in [0.15, 0.2) is 12.1 Å². The topological polar surface area (TPSA) is 46.5 Å². The van der Waals surface area contributed by atoms with E-state index >= 15 is 0 Å². The van der Waals surface area contributed by atoms with Crippen LogP contribution in [-0.4, -0.2) is 16.7 Å². The first kappa shape index (κ1) is 11.8. The van der Waals surface area contributed by atoms with E-state index in [9.17, 15) is 9.90 Å². The molecule has 1 aliphatic carbocycles. The van der Waals surface area contributed by atoms with Gasteiger partial charge < -0.3 is 9.84 Å². The van der Waals surface area contributed by atoms with Crippen molar-refractivity contribution in [3.63, 3.8) is 0 Å². The Morgan fingerprint density at radius 2 is 2.00 bits per heavy atom. The second kappa shape index (κ2) is 4.16. The molecule has 4 heteroatoms. The lowest BCUT2D eigenvalue weighted by atomic mass is 9.82. The first-order chi connectivity index (χ1) is 8.60. The molecule has 0 saturated heterocycles. The molecule has 1 heterocycles. The number of carboxylic acid groups (broad SMARTS) is 1. The number of hydrogen-bond acceptors (Lipinski definition) is 2. The summed E-state index contributed by atoms with van der Waals surface area (Å²) in [6, 6.07) is 3.32. The van der Waals surface area contributed by atoms with Crippen LogP contribution in [0.3, 0.4) is 0 Å². The number of benzene rings is 1. The normalized spacial score (nSPS) is 20.5. The molecule has 0 aromatic heterocycles. The molecule has 1 aliphatic heterocycles. The molecule has 0 radical (unpaired) electrons. The molecule has 18 heavy (non-hydrogen) atoms. The van der Waals surface area contributed by atoms with E-state index in [1.165, 1.54) is 12.5 Å². The summed E-state index contributed by atoms with van der Waals surface area (Å²) in [5.74, 6) is -0.435. The average Bonchev–Trinajstić information content (AvgIpc) is 2.66. The molecule has 1 fully saturated rings. The molecule has 1 saturated carbocycles. The highest BCUT2D eigenvalue weighted by Crippen LogP contribution is 2.45. The second-order valence-electron chi connectivity index (χ2n) is 5.27. The van der Waals surface area contributed by atoms with Gasteiger partial charge in [-0.15, -0.1) is 0 Å². The first-order valence-corrected chi connectivity index (χ1v) is 6.72. The fourth-order valence-electron chi connectivity index (χ4n) is 3.14. The molecule has 3 nitrogen and oxygen atoms in total. The van der Waals surface area contributed by atoms with Crippen LogP contribution in [0, 0.1) is 0 Å². The predicted molar refractivity (Wildman–Crippen MR) is 68.6 cm³/mol. The van der Waals surface area contributed by atoms with Crippen molar-refractivity contribution >= 4 is 17.6 Å². The summed E-state index contributed by atoms with van der Waals surface area (Å²) in [4.78, 5) is 11.2. The van der Waals surface area contributed by atoms with E-state index in [1.807, 2.05) is 6.07 Å². The van der Waals surface area contributed by atoms with Gasteiger partial charge in [0.25, 0.3) is 0 Å². The largest absolute Gasteiger partial charge is 0.486 e.